The van der Waals surface area contributed by atoms with Gasteiger partial charge in [-0.05, 0) is 47.3 Å². The van der Waals surface area contributed by atoms with Gasteiger partial charge in [0, 0.05) is 54.8 Å². The van der Waals surface area contributed by atoms with Crippen molar-refractivity contribution in [3.05, 3.63) is 42.2 Å². The minimum absolute atomic E-state index is 0.0595. The van der Waals surface area contributed by atoms with Crippen molar-refractivity contribution in [3.63, 3.8) is 0 Å². The second-order valence-corrected chi connectivity index (χ2v) is 15.6. The Labute approximate surface area is 260 Å². The first-order valence-corrected chi connectivity index (χ1v) is 16.9. The van der Waals surface area contributed by atoms with Crippen LogP contribution >= 0.6 is 0 Å². The van der Waals surface area contributed by atoms with Gasteiger partial charge in [-0.2, -0.15) is 4.98 Å². The van der Waals surface area contributed by atoms with Crippen molar-refractivity contribution >= 4 is 67.4 Å². The standard InChI is InChI=1S/C28H39B3F2N6O4S/c1-15(2)18-5-6-21(39-11-17(16(39)3)13-44(4,41)42)20-10-35-24(9-19(18)20)36-23-7-8-34-26(37-23)38-12-22(40)25(27(32,33)14-38)43-28(29,30)31/h5-10,15-17,22,25,40H,11-14,29-31H2,1-4H3,(H,34,35,36,37)/t16-,17-,22-,25-/m1/s1. The number of aliphatic hydroxyl groups is 1. The zero-order valence-electron chi connectivity index (χ0n) is 26.3. The molecule has 2 aliphatic rings. The number of benzene rings is 1. The smallest absolute Gasteiger partial charge is 0.293 e. The molecule has 4 heterocycles. The number of fused-ring (bicyclic) bond motifs is 1. The first-order chi connectivity index (χ1) is 20.4. The lowest BCUT2D eigenvalue weighted by Gasteiger charge is -2.48. The van der Waals surface area contributed by atoms with Gasteiger partial charge in [0.05, 0.1) is 12.3 Å². The molecule has 2 fully saturated rings. The molecule has 3 aromatic rings. The van der Waals surface area contributed by atoms with Crippen LogP contribution in [0.3, 0.4) is 0 Å². The number of hydrogen-bond donors (Lipinski definition) is 2. The van der Waals surface area contributed by atoms with Crippen molar-refractivity contribution in [2.45, 2.75) is 56.2 Å². The molecule has 0 aliphatic carbocycles. The van der Waals surface area contributed by atoms with E-state index in [0.717, 1.165) is 22.0 Å². The van der Waals surface area contributed by atoms with Crippen LogP contribution in [0.2, 0.25) is 0 Å². The van der Waals surface area contributed by atoms with Gasteiger partial charge >= 0.3 is 0 Å². The topological polar surface area (TPSA) is 121 Å². The van der Waals surface area contributed by atoms with Gasteiger partial charge in [0.25, 0.3) is 5.92 Å². The number of sulfone groups is 1. The molecule has 16 heteroatoms. The number of β-amino-alcohol motifs (C(OH)–C–C–N with tert-alkyl or cyclic N) is 1. The first kappa shape index (κ1) is 32.4. The minimum Gasteiger partial charge on any atom is -0.388 e. The maximum Gasteiger partial charge on any atom is 0.293 e. The molecule has 0 spiro atoms. The summed E-state index contributed by atoms with van der Waals surface area (Å²) in [5.41, 5.74) is 2.14. The quantitative estimate of drug-likeness (QED) is 0.325. The highest BCUT2D eigenvalue weighted by Gasteiger charge is 2.52. The molecule has 2 aliphatic heterocycles. The lowest BCUT2D eigenvalue weighted by atomic mass is 9.52. The number of halogens is 2. The Bertz CT molecular complexity index is 1650. The minimum atomic E-state index is -3.32. The monoisotopic (exact) mass is 626 g/mol. The van der Waals surface area contributed by atoms with Gasteiger partial charge in [0.15, 0.2) is 0 Å². The van der Waals surface area contributed by atoms with Crippen molar-refractivity contribution in [2.24, 2.45) is 5.92 Å². The second kappa shape index (κ2) is 11.8. The predicted molar refractivity (Wildman–Crippen MR) is 178 cm³/mol. The van der Waals surface area contributed by atoms with E-state index < -0.39 is 39.8 Å². The summed E-state index contributed by atoms with van der Waals surface area (Å²) >= 11 is 0. The summed E-state index contributed by atoms with van der Waals surface area (Å²) < 4.78 is 59.4. The van der Waals surface area contributed by atoms with Crippen LogP contribution in [0.5, 0.6) is 0 Å². The average molecular weight is 626 g/mol. The van der Waals surface area contributed by atoms with Crippen LogP contribution in [0.1, 0.15) is 32.3 Å². The van der Waals surface area contributed by atoms with Gasteiger partial charge in [0.2, 0.25) is 5.95 Å². The number of nitrogens with zero attached hydrogens (tertiary/aromatic N) is 5. The highest BCUT2D eigenvalue weighted by atomic mass is 32.2. The number of nitrogens with one attached hydrogen (secondary N) is 1. The van der Waals surface area contributed by atoms with Crippen LogP contribution in [-0.2, 0) is 14.6 Å². The fourth-order valence-electron chi connectivity index (χ4n) is 6.07. The Morgan fingerprint density at radius 3 is 2.50 bits per heavy atom. The third-order valence-corrected chi connectivity index (χ3v) is 9.24. The highest BCUT2D eigenvalue weighted by Crippen LogP contribution is 2.40. The average Bonchev–Trinajstić information content (AvgIpc) is 2.91. The Morgan fingerprint density at radius 2 is 1.89 bits per heavy atom. The molecule has 2 saturated heterocycles. The van der Waals surface area contributed by atoms with E-state index >= 15 is 8.78 Å². The van der Waals surface area contributed by atoms with E-state index in [1.807, 2.05) is 13.0 Å². The van der Waals surface area contributed by atoms with Crippen LogP contribution in [0.25, 0.3) is 10.8 Å². The molecule has 44 heavy (non-hydrogen) atoms. The Hall–Kier alpha value is -2.97. The number of hydrogen-bond acceptors (Lipinski definition) is 10. The van der Waals surface area contributed by atoms with Gasteiger partial charge in [-0.15, -0.1) is 0 Å². The van der Waals surface area contributed by atoms with Crippen molar-refractivity contribution in [1.29, 1.82) is 0 Å². The van der Waals surface area contributed by atoms with Gasteiger partial charge in [-0.1, -0.05) is 19.9 Å². The van der Waals surface area contributed by atoms with Crippen LogP contribution in [-0.4, -0.2) is 113 Å². The Kier molecular flexibility index (Phi) is 8.66. The van der Waals surface area contributed by atoms with E-state index in [1.165, 1.54) is 17.4 Å². The number of ether oxygens (including phenoxy) is 1. The molecule has 2 N–H and O–H groups in total. The molecule has 0 unspecified atom stereocenters. The maximum atomic E-state index is 15.1. The summed E-state index contributed by atoms with van der Waals surface area (Å²) in [6, 6.07) is 7.83. The fourth-order valence-corrected chi connectivity index (χ4v) is 7.23. The largest absolute Gasteiger partial charge is 0.388 e. The summed E-state index contributed by atoms with van der Waals surface area (Å²) in [6.45, 7) is 6.14. The summed E-state index contributed by atoms with van der Waals surface area (Å²) in [7, 11) is 1.96. The van der Waals surface area contributed by atoms with Crippen molar-refractivity contribution in [2.75, 3.05) is 46.8 Å². The predicted octanol–water partition coefficient (Wildman–Crippen LogP) is 0.473. The molecule has 5 rings (SSSR count). The van der Waals surface area contributed by atoms with E-state index in [0.29, 0.717) is 18.2 Å². The molecule has 2 aromatic heterocycles. The van der Waals surface area contributed by atoms with E-state index in [-0.39, 0.29) is 36.1 Å². The second-order valence-electron chi connectivity index (χ2n) is 13.4. The summed E-state index contributed by atoms with van der Waals surface area (Å²) in [5.74, 6) is -1.89. The van der Waals surface area contributed by atoms with Gasteiger partial charge in [-0.3, -0.25) is 0 Å². The van der Waals surface area contributed by atoms with E-state index in [2.05, 4.69) is 51.1 Å². The van der Waals surface area contributed by atoms with Crippen molar-refractivity contribution < 1.29 is 27.0 Å². The summed E-state index contributed by atoms with van der Waals surface area (Å²) in [5, 5.41) is 14.9. The van der Waals surface area contributed by atoms with E-state index in [4.69, 9.17) is 4.74 Å². The third-order valence-electron chi connectivity index (χ3n) is 8.20. The van der Waals surface area contributed by atoms with Crippen molar-refractivity contribution in [1.82, 2.24) is 15.0 Å². The number of rotatable bonds is 9. The fraction of sp³-hybridized carbons (Fsp3) is 0.536. The molecule has 4 atom stereocenters. The molecular weight excluding hydrogens is 587 g/mol. The normalized spacial score (nSPS) is 24.0. The number of alkyl halides is 2. The maximum absolute atomic E-state index is 15.1. The summed E-state index contributed by atoms with van der Waals surface area (Å²) in [4.78, 5) is 16.8. The van der Waals surface area contributed by atoms with Gasteiger partial charge in [-0.25, -0.2) is 27.2 Å². The van der Waals surface area contributed by atoms with Crippen LogP contribution in [0, 0.1) is 5.92 Å². The zero-order chi connectivity index (χ0) is 32.2. The Morgan fingerprint density at radius 1 is 1.16 bits per heavy atom. The van der Waals surface area contributed by atoms with E-state index in [1.54, 1.807) is 35.8 Å². The number of anilines is 4. The molecule has 0 bridgehead atoms. The van der Waals surface area contributed by atoms with Gasteiger partial charge in [0.1, 0.15) is 57.2 Å². The van der Waals surface area contributed by atoms with Crippen LogP contribution < -0.4 is 15.1 Å². The molecule has 0 amide bonds. The zero-order valence-corrected chi connectivity index (χ0v) is 27.1. The molecule has 234 valence electrons. The Balaban J connectivity index is 1.38. The first-order valence-electron chi connectivity index (χ1n) is 14.9. The van der Waals surface area contributed by atoms with Gasteiger partial charge < -0.3 is 25.0 Å². The summed E-state index contributed by atoms with van der Waals surface area (Å²) in [6.07, 6.45) is 1.49. The number of piperidine rings is 1. The molecule has 0 saturated carbocycles. The lowest BCUT2D eigenvalue weighted by Crippen LogP contribution is -2.63. The SMILES string of the molecule is BC(B)(B)O[C@@H]1[C@H](O)CN(c2nccc(Nc3cc4c(C(C)C)ccc(N5C[C@H](CS(C)(=O)=O)[C@H]5C)c4cn3)n2)CC1(F)F. The van der Waals surface area contributed by atoms with Crippen LogP contribution in [0.15, 0.2) is 36.7 Å². The lowest BCUT2D eigenvalue weighted by molar-refractivity contribution is -0.186. The highest BCUT2D eigenvalue weighted by molar-refractivity contribution is 7.90. The number of aliphatic hydroxyl groups excluding tert-OH is 1. The van der Waals surface area contributed by atoms with Crippen molar-refractivity contribution in [3.8, 4) is 0 Å². The molecule has 10 nitrogen and oxygen atoms in total. The third kappa shape index (κ3) is 6.97. The molecule has 0 radical (unpaired) electrons. The number of aromatic nitrogens is 3. The molecular formula is C28H39B3F2N6O4S. The molecule has 1 aromatic carbocycles. The van der Waals surface area contributed by atoms with E-state index in [9.17, 15) is 13.5 Å². The number of pyridine rings is 1. The van der Waals surface area contributed by atoms with Crippen LogP contribution in [0.4, 0.5) is 32.1 Å².